The fourth-order valence-corrected chi connectivity index (χ4v) is 3.10. The SMILES string of the molecule is CON=C(C(=O)OC)c1ccccc1CSC(=S)Nc1ccccc1. The van der Waals surface area contributed by atoms with Crippen molar-refractivity contribution < 1.29 is 14.4 Å². The molecule has 2 aromatic carbocycles. The Morgan fingerprint density at radius 2 is 1.80 bits per heavy atom. The Morgan fingerprint density at radius 1 is 1.12 bits per heavy atom. The number of nitrogens with one attached hydrogen (secondary N) is 1. The maximum atomic E-state index is 12.0. The van der Waals surface area contributed by atoms with Gasteiger partial charge in [0.05, 0.1) is 7.11 Å². The van der Waals surface area contributed by atoms with E-state index in [1.807, 2.05) is 48.5 Å². The number of hydrogen-bond acceptors (Lipinski definition) is 6. The third kappa shape index (κ3) is 5.58. The van der Waals surface area contributed by atoms with Gasteiger partial charge in [-0.15, -0.1) is 0 Å². The number of ether oxygens (including phenoxy) is 1. The highest BCUT2D eigenvalue weighted by Gasteiger charge is 2.19. The van der Waals surface area contributed by atoms with Gasteiger partial charge in [-0.1, -0.05) is 71.6 Å². The zero-order valence-corrected chi connectivity index (χ0v) is 15.5. The van der Waals surface area contributed by atoms with Crippen molar-refractivity contribution in [2.75, 3.05) is 19.5 Å². The Bertz CT molecular complexity index is 764. The second-order valence-corrected chi connectivity index (χ2v) is 6.49. The summed E-state index contributed by atoms with van der Waals surface area (Å²) >= 11 is 6.84. The lowest BCUT2D eigenvalue weighted by Crippen LogP contribution is -2.19. The summed E-state index contributed by atoms with van der Waals surface area (Å²) in [5.41, 5.74) is 2.63. The van der Waals surface area contributed by atoms with Crippen LogP contribution in [0, 0.1) is 0 Å². The van der Waals surface area contributed by atoms with E-state index in [1.165, 1.54) is 26.0 Å². The molecule has 2 aromatic rings. The van der Waals surface area contributed by atoms with Crippen molar-refractivity contribution in [3.05, 3.63) is 65.7 Å². The zero-order valence-electron chi connectivity index (χ0n) is 13.9. The summed E-state index contributed by atoms with van der Waals surface area (Å²) < 4.78 is 5.43. The van der Waals surface area contributed by atoms with E-state index in [9.17, 15) is 4.79 Å². The van der Waals surface area contributed by atoms with Gasteiger partial charge in [-0.2, -0.15) is 0 Å². The number of para-hydroxylation sites is 1. The minimum absolute atomic E-state index is 0.128. The van der Waals surface area contributed by atoms with Crippen molar-refractivity contribution in [3.8, 4) is 0 Å². The van der Waals surface area contributed by atoms with Gasteiger partial charge in [0.1, 0.15) is 11.4 Å². The molecule has 0 amide bonds. The Hall–Kier alpha value is -2.38. The van der Waals surface area contributed by atoms with Crippen LogP contribution < -0.4 is 5.32 Å². The van der Waals surface area contributed by atoms with E-state index in [2.05, 4.69) is 10.5 Å². The summed E-state index contributed by atoms with van der Waals surface area (Å²) in [7, 11) is 2.70. The van der Waals surface area contributed by atoms with E-state index in [1.54, 1.807) is 6.07 Å². The van der Waals surface area contributed by atoms with Crippen LogP contribution in [0.3, 0.4) is 0 Å². The number of hydrogen-bond donors (Lipinski definition) is 1. The number of benzene rings is 2. The fraction of sp³-hybridized carbons (Fsp3) is 0.167. The molecular formula is C18H18N2O3S2. The minimum Gasteiger partial charge on any atom is -0.464 e. The Kier molecular flexibility index (Phi) is 7.43. The molecule has 0 spiro atoms. The maximum Gasteiger partial charge on any atom is 0.360 e. The monoisotopic (exact) mass is 374 g/mol. The van der Waals surface area contributed by atoms with Crippen molar-refractivity contribution in [1.82, 2.24) is 0 Å². The van der Waals surface area contributed by atoms with E-state index < -0.39 is 5.97 Å². The highest BCUT2D eigenvalue weighted by atomic mass is 32.2. The van der Waals surface area contributed by atoms with Crippen LogP contribution in [0.2, 0.25) is 0 Å². The van der Waals surface area contributed by atoms with Crippen LogP contribution in [0.25, 0.3) is 0 Å². The highest BCUT2D eigenvalue weighted by molar-refractivity contribution is 8.22. The van der Waals surface area contributed by atoms with Crippen LogP contribution in [0.4, 0.5) is 5.69 Å². The van der Waals surface area contributed by atoms with Crippen molar-refractivity contribution >= 4 is 45.7 Å². The van der Waals surface area contributed by atoms with Crippen LogP contribution in [0.1, 0.15) is 11.1 Å². The zero-order chi connectivity index (χ0) is 18.1. The molecule has 0 aliphatic carbocycles. The molecule has 0 saturated carbocycles. The minimum atomic E-state index is -0.552. The van der Waals surface area contributed by atoms with Gasteiger partial charge >= 0.3 is 5.97 Å². The van der Waals surface area contributed by atoms with Crippen molar-refractivity contribution in [1.29, 1.82) is 0 Å². The van der Waals surface area contributed by atoms with Crippen LogP contribution in [0.5, 0.6) is 0 Å². The van der Waals surface area contributed by atoms with Gasteiger partial charge in [0.15, 0.2) is 5.71 Å². The molecule has 7 heteroatoms. The average Bonchev–Trinajstić information content (AvgIpc) is 2.65. The lowest BCUT2D eigenvalue weighted by atomic mass is 10.0. The molecule has 1 N–H and O–H groups in total. The molecule has 5 nitrogen and oxygen atoms in total. The number of methoxy groups -OCH3 is 1. The van der Waals surface area contributed by atoms with E-state index >= 15 is 0 Å². The molecule has 0 saturated heterocycles. The van der Waals surface area contributed by atoms with Crippen molar-refractivity contribution in [2.45, 2.75) is 5.75 Å². The van der Waals surface area contributed by atoms with Gasteiger partial charge < -0.3 is 14.9 Å². The maximum absolute atomic E-state index is 12.0. The second kappa shape index (κ2) is 9.80. The topological polar surface area (TPSA) is 59.9 Å². The van der Waals surface area contributed by atoms with Gasteiger partial charge in [-0.25, -0.2) is 4.79 Å². The first-order valence-corrected chi connectivity index (χ1v) is 8.81. The molecule has 0 unspecified atom stereocenters. The standard InChI is InChI=1S/C18H18N2O3S2/c1-22-17(21)16(20-23-2)15-11-7-6-8-13(15)12-25-18(24)19-14-9-4-3-5-10-14/h3-11H,12H2,1-2H3,(H,19,24). The molecule has 0 aromatic heterocycles. The van der Waals surface area contributed by atoms with E-state index in [-0.39, 0.29) is 5.71 Å². The molecular weight excluding hydrogens is 356 g/mol. The smallest absolute Gasteiger partial charge is 0.360 e. The van der Waals surface area contributed by atoms with Gasteiger partial charge in [0, 0.05) is 17.0 Å². The number of rotatable bonds is 6. The van der Waals surface area contributed by atoms with E-state index in [0.29, 0.717) is 15.6 Å². The Balaban J connectivity index is 2.11. The molecule has 0 aliphatic rings. The quantitative estimate of drug-likeness (QED) is 0.359. The third-order valence-electron chi connectivity index (χ3n) is 3.21. The van der Waals surface area contributed by atoms with Crippen LogP contribution in [-0.4, -0.2) is 30.2 Å². The molecule has 0 bridgehead atoms. The van der Waals surface area contributed by atoms with Crippen LogP contribution in [-0.2, 0) is 20.1 Å². The summed E-state index contributed by atoms with van der Waals surface area (Å²) in [4.78, 5) is 16.7. The predicted molar refractivity (Wildman–Crippen MR) is 106 cm³/mol. The van der Waals surface area contributed by atoms with E-state index in [4.69, 9.17) is 21.8 Å². The second-order valence-electron chi connectivity index (χ2n) is 4.84. The highest BCUT2D eigenvalue weighted by Crippen LogP contribution is 2.20. The fourth-order valence-electron chi connectivity index (χ4n) is 2.08. The number of esters is 1. The molecule has 25 heavy (non-hydrogen) atoms. The molecule has 0 radical (unpaired) electrons. The normalized spacial score (nSPS) is 10.9. The molecule has 0 fully saturated rings. The Labute approximate surface area is 156 Å². The predicted octanol–water partition coefficient (Wildman–Crippen LogP) is 3.84. The summed E-state index contributed by atoms with van der Waals surface area (Å²) in [6.45, 7) is 0. The molecule has 130 valence electrons. The first-order chi connectivity index (χ1) is 12.2. The van der Waals surface area contributed by atoms with E-state index in [0.717, 1.165) is 11.3 Å². The number of oxime groups is 1. The summed E-state index contributed by atoms with van der Waals surface area (Å²) in [6, 6.07) is 17.2. The molecule has 0 atom stereocenters. The molecule has 0 aliphatic heterocycles. The van der Waals surface area contributed by atoms with Gasteiger partial charge in [-0.05, 0) is 17.7 Å². The van der Waals surface area contributed by atoms with Gasteiger partial charge in [0.2, 0.25) is 0 Å². The number of thioether (sulfide) groups is 1. The summed E-state index contributed by atoms with van der Waals surface area (Å²) in [5.74, 6) is 0.0264. The lowest BCUT2D eigenvalue weighted by Gasteiger charge is -2.11. The number of anilines is 1. The van der Waals surface area contributed by atoms with Crippen molar-refractivity contribution in [3.63, 3.8) is 0 Å². The van der Waals surface area contributed by atoms with Crippen LogP contribution >= 0.6 is 24.0 Å². The number of carbonyl (C=O) groups is 1. The average molecular weight is 374 g/mol. The largest absolute Gasteiger partial charge is 0.464 e. The molecule has 2 rings (SSSR count). The summed E-state index contributed by atoms with van der Waals surface area (Å²) in [5, 5.41) is 6.97. The first kappa shape index (κ1) is 19.0. The Morgan fingerprint density at radius 3 is 2.48 bits per heavy atom. The van der Waals surface area contributed by atoms with Gasteiger partial charge in [-0.3, -0.25) is 0 Å². The number of carbonyl (C=O) groups excluding carboxylic acids is 1. The van der Waals surface area contributed by atoms with Crippen LogP contribution in [0.15, 0.2) is 59.8 Å². The van der Waals surface area contributed by atoms with Crippen molar-refractivity contribution in [2.24, 2.45) is 5.16 Å². The summed E-state index contributed by atoms with van der Waals surface area (Å²) in [6.07, 6.45) is 0. The molecule has 0 heterocycles. The third-order valence-corrected chi connectivity index (χ3v) is 4.49. The number of nitrogens with zero attached hydrogens (tertiary/aromatic N) is 1. The first-order valence-electron chi connectivity index (χ1n) is 7.42. The lowest BCUT2D eigenvalue weighted by molar-refractivity contribution is -0.132. The van der Waals surface area contributed by atoms with Gasteiger partial charge in [0.25, 0.3) is 0 Å². The number of thiocarbonyl (C=S) groups is 1.